The molecule has 0 spiro atoms. The second kappa shape index (κ2) is 9.47. The SMILES string of the molecule is COc1cccc(N2CC(C(=O)NCCCOc3cccc4cccnc34)CC2=O)c1. The summed E-state index contributed by atoms with van der Waals surface area (Å²) in [7, 11) is 1.58. The van der Waals surface area contributed by atoms with Gasteiger partial charge in [0.05, 0.1) is 19.6 Å². The van der Waals surface area contributed by atoms with Crippen LogP contribution >= 0.6 is 0 Å². The first kappa shape index (κ1) is 20.7. The molecule has 0 saturated carbocycles. The van der Waals surface area contributed by atoms with E-state index in [4.69, 9.17) is 9.47 Å². The molecule has 160 valence electrons. The fourth-order valence-corrected chi connectivity index (χ4v) is 3.71. The molecule has 1 aliphatic rings. The standard InChI is InChI=1S/C24H25N3O4/c1-30-20-9-3-8-19(15-20)27-16-18(14-22(27)28)24(29)26-12-5-13-31-21-10-2-6-17-7-4-11-25-23(17)21/h2-4,6-11,15,18H,5,12-14,16H2,1H3,(H,26,29). The third kappa shape index (κ3) is 4.77. The van der Waals surface area contributed by atoms with Crippen LogP contribution in [-0.4, -0.2) is 43.6 Å². The Morgan fingerprint density at radius 2 is 2.03 bits per heavy atom. The molecule has 1 aromatic heterocycles. The lowest BCUT2D eigenvalue weighted by atomic mass is 10.1. The van der Waals surface area contributed by atoms with Crippen molar-refractivity contribution in [3.8, 4) is 11.5 Å². The van der Waals surface area contributed by atoms with Crippen molar-refractivity contribution in [2.75, 3.05) is 31.7 Å². The molecule has 0 aliphatic carbocycles. The maximum absolute atomic E-state index is 12.5. The summed E-state index contributed by atoms with van der Waals surface area (Å²) in [4.78, 5) is 31.0. The quantitative estimate of drug-likeness (QED) is 0.567. The summed E-state index contributed by atoms with van der Waals surface area (Å²) in [6.07, 6.45) is 2.61. The first-order valence-electron chi connectivity index (χ1n) is 10.3. The number of amides is 2. The summed E-state index contributed by atoms with van der Waals surface area (Å²) in [6.45, 7) is 1.33. The first-order chi connectivity index (χ1) is 15.2. The molecule has 3 aromatic rings. The monoisotopic (exact) mass is 419 g/mol. The summed E-state index contributed by atoms with van der Waals surface area (Å²) in [5, 5.41) is 3.95. The zero-order valence-corrected chi connectivity index (χ0v) is 17.4. The van der Waals surface area contributed by atoms with E-state index in [1.165, 1.54) is 0 Å². The van der Waals surface area contributed by atoms with Crippen molar-refractivity contribution in [1.82, 2.24) is 10.3 Å². The largest absolute Gasteiger partial charge is 0.497 e. The van der Waals surface area contributed by atoms with Crippen LogP contribution in [0.15, 0.2) is 60.8 Å². The van der Waals surface area contributed by atoms with Gasteiger partial charge in [0.1, 0.15) is 17.0 Å². The first-order valence-corrected chi connectivity index (χ1v) is 10.3. The molecule has 4 rings (SSSR count). The van der Waals surface area contributed by atoms with Crippen LogP contribution in [0.5, 0.6) is 11.5 Å². The number of hydrogen-bond acceptors (Lipinski definition) is 5. The number of fused-ring (bicyclic) bond motifs is 1. The third-order valence-corrected chi connectivity index (χ3v) is 5.33. The van der Waals surface area contributed by atoms with Gasteiger partial charge < -0.3 is 19.7 Å². The smallest absolute Gasteiger partial charge is 0.227 e. The third-order valence-electron chi connectivity index (χ3n) is 5.33. The molecule has 7 heteroatoms. The number of pyridine rings is 1. The van der Waals surface area contributed by atoms with Crippen molar-refractivity contribution in [3.05, 3.63) is 60.8 Å². The fourth-order valence-electron chi connectivity index (χ4n) is 3.71. The maximum atomic E-state index is 12.5. The lowest BCUT2D eigenvalue weighted by Crippen LogP contribution is -2.34. The fraction of sp³-hybridized carbons (Fsp3) is 0.292. The molecule has 1 atom stereocenters. The van der Waals surface area contributed by atoms with Crippen molar-refractivity contribution in [3.63, 3.8) is 0 Å². The molecule has 0 bridgehead atoms. The summed E-state index contributed by atoms with van der Waals surface area (Å²) >= 11 is 0. The summed E-state index contributed by atoms with van der Waals surface area (Å²) in [5.74, 6) is 0.895. The number of nitrogens with one attached hydrogen (secondary N) is 1. The van der Waals surface area contributed by atoms with E-state index in [-0.39, 0.29) is 24.2 Å². The second-order valence-electron chi connectivity index (χ2n) is 7.43. The van der Waals surface area contributed by atoms with Crippen LogP contribution < -0.4 is 19.7 Å². The number of anilines is 1. The number of ether oxygens (including phenoxy) is 2. The zero-order chi connectivity index (χ0) is 21.6. The molecule has 2 amide bonds. The van der Waals surface area contributed by atoms with E-state index in [2.05, 4.69) is 10.3 Å². The number of rotatable bonds is 8. The lowest BCUT2D eigenvalue weighted by Gasteiger charge is -2.17. The minimum atomic E-state index is -0.359. The van der Waals surface area contributed by atoms with E-state index in [1.807, 2.05) is 48.5 Å². The molecule has 2 aromatic carbocycles. The lowest BCUT2D eigenvalue weighted by molar-refractivity contribution is -0.126. The molecule has 7 nitrogen and oxygen atoms in total. The predicted molar refractivity (Wildman–Crippen MR) is 118 cm³/mol. The topological polar surface area (TPSA) is 80.8 Å². The van der Waals surface area contributed by atoms with Gasteiger partial charge >= 0.3 is 0 Å². The van der Waals surface area contributed by atoms with Gasteiger partial charge in [0.25, 0.3) is 0 Å². The number of aromatic nitrogens is 1. The number of hydrogen-bond donors (Lipinski definition) is 1. The van der Waals surface area contributed by atoms with Gasteiger partial charge in [-0.15, -0.1) is 0 Å². The Balaban J connectivity index is 1.24. The molecule has 1 unspecified atom stereocenters. The number of para-hydroxylation sites is 1. The van der Waals surface area contributed by atoms with Crippen LogP contribution in [0.2, 0.25) is 0 Å². The van der Waals surface area contributed by atoms with Crippen LogP contribution in [0.3, 0.4) is 0 Å². The Kier molecular flexibility index (Phi) is 6.31. The minimum Gasteiger partial charge on any atom is -0.497 e. The molecule has 2 heterocycles. The van der Waals surface area contributed by atoms with E-state index in [0.29, 0.717) is 31.9 Å². The average Bonchev–Trinajstić information content (AvgIpc) is 3.20. The number of carbonyl (C=O) groups is 2. The van der Waals surface area contributed by atoms with Gasteiger partial charge in [-0.1, -0.05) is 24.3 Å². The van der Waals surface area contributed by atoms with Crippen LogP contribution in [0, 0.1) is 5.92 Å². The van der Waals surface area contributed by atoms with Gasteiger partial charge in [-0.3, -0.25) is 14.6 Å². The van der Waals surface area contributed by atoms with Crippen molar-refractivity contribution >= 4 is 28.4 Å². The van der Waals surface area contributed by atoms with Crippen LogP contribution in [0.25, 0.3) is 10.9 Å². The normalized spacial score (nSPS) is 15.8. The van der Waals surface area contributed by atoms with E-state index in [9.17, 15) is 9.59 Å². The van der Waals surface area contributed by atoms with E-state index >= 15 is 0 Å². The van der Waals surface area contributed by atoms with Gasteiger partial charge in [0.2, 0.25) is 11.8 Å². The molecular weight excluding hydrogens is 394 g/mol. The van der Waals surface area contributed by atoms with Crippen LogP contribution in [0.1, 0.15) is 12.8 Å². The molecule has 1 fully saturated rings. The highest BCUT2D eigenvalue weighted by molar-refractivity contribution is 6.00. The summed E-state index contributed by atoms with van der Waals surface area (Å²) in [6, 6.07) is 17.0. The van der Waals surface area contributed by atoms with Gasteiger partial charge in [-0.2, -0.15) is 0 Å². The molecule has 1 N–H and O–H groups in total. The van der Waals surface area contributed by atoms with Crippen molar-refractivity contribution in [1.29, 1.82) is 0 Å². The van der Waals surface area contributed by atoms with Crippen molar-refractivity contribution in [2.45, 2.75) is 12.8 Å². The molecule has 1 aliphatic heterocycles. The number of nitrogens with zero attached hydrogens (tertiary/aromatic N) is 2. The number of methoxy groups -OCH3 is 1. The van der Waals surface area contributed by atoms with E-state index < -0.39 is 0 Å². The van der Waals surface area contributed by atoms with Crippen LogP contribution in [0.4, 0.5) is 5.69 Å². The van der Waals surface area contributed by atoms with Crippen LogP contribution in [-0.2, 0) is 9.59 Å². The molecule has 0 radical (unpaired) electrons. The average molecular weight is 419 g/mol. The molecular formula is C24H25N3O4. The van der Waals surface area contributed by atoms with Gasteiger partial charge in [-0.25, -0.2) is 0 Å². The number of carbonyl (C=O) groups excluding carboxylic acids is 2. The molecule has 1 saturated heterocycles. The zero-order valence-electron chi connectivity index (χ0n) is 17.4. The number of benzene rings is 2. The minimum absolute atomic E-state index is 0.0554. The Morgan fingerprint density at radius 1 is 1.19 bits per heavy atom. The summed E-state index contributed by atoms with van der Waals surface area (Å²) in [5.41, 5.74) is 1.58. The highest BCUT2D eigenvalue weighted by Gasteiger charge is 2.35. The molecule has 31 heavy (non-hydrogen) atoms. The Hall–Kier alpha value is -3.61. The van der Waals surface area contributed by atoms with E-state index in [0.717, 1.165) is 22.3 Å². The summed E-state index contributed by atoms with van der Waals surface area (Å²) < 4.78 is 11.1. The Labute approximate surface area is 181 Å². The second-order valence-corrected chi connectivity index (χ2v) is 7.43. The Morgan fingerprint density at radius 3 is 2.90 bits per heavy atom. The van der Waals surface area contributed by atoms with Gasteiger partial charge in [0, 0.05) is 42.8 Å². The van der Waals surface area contributed by atoms with Gasteiger partial charge in [0.15, 0.2) is 0 Å². The van der Waals surface area contributed by atoms with Crippen molar-refractivity contribution < 1.29 is 19.1 Å². The van der Waals surface area contributed by atoms with Gasteiger partial charge in [-0.05, 0) is 30.7 Å². The Bertz CT molecular complexity index is 1080. The highest BCUT2D eigenvalue weighted by Crippen LogP contribution is 2.28. The van der Waals surface area contributed by atoms with Crippen molar-refractivity contribution in [2.24, 2.45) is 5.92 Å². The predicted octanol–water partition coefficient (Wildman–Crippen LogP) is 3.18. The maximum Gasteiger partial charge on any atom is 0.227 e. The highest BCUT2D eigenvalue weighted by atomic mass is 16.5. The van der Waals surface area contributed by atoms with E-state index in [1.54, 1.807) is 24.3 Å².